The van der Waals surface area contributed by atoms with Crippen LogP contribution in [0.15, 0.2) is 30.4 Å². The van der Waals surface area contributed by atoms with Crippen molar-refractivity contribution in [3.63, 3.8) is 0 Å². The molecule has 4 heteroatoms. The first kappa shape index (κ1) is 7.24. The predicted molar refractivity (Wildman–Crippen MR) is 49.7 cm³/mol. The van der Waals surface area contributed by atoms with Crippen LogP contribution >= 0.6 is 11.3 Å². The molecule has 2 rings (SSSR count). The van der Waals surface area contributed by atoms with E-state index in [4.69, 9.17) is 0 Å². The summed E-state index contributed by atoms with van der Waals surface area (Å²) in [6.07, 6.45) is 5.27. The highest BCUT2D eigenvalue weighted by Crippen LogP contribution is 2.18. The second kappa shape index (κ2) is 2.91. The van der Waals surface area contributed by atoms with Gasteiger partial charge in [-0.3, -0.25) is 0 Å². The smallest absolute Gasteiger partial charge is 0.143 e. The van der Waals surface area contributed by atoms with Crippen molar-refractivity contribution in [2.45, 2.75) is 0 Å². The first-order valence-corrected chi connectivity index (χ1v) is 4.35. The van der Waals surface area contributed by atoms with E-state index in [1.54, 1.807) is 28.4 Å². The fourth-order valence-electron chi connectivity index (χ4n) is 0.904. The quantitative estimate of drug-likeness (QED) is 0.703. The number of thiazole rings is 1. The summed E-state index contributed by atoms with van der Waals surface area (Å²) < 4.78 is 1.66. The van der Waals surface area contributed by atoms with Crippen molar-refractivity contribution in [3.05, 3.63) is 30.4 Å². The average Bonchev–Trinajstić information content (AvgIpc) is 2.75. The Morgan fingerprint density at radius 2 is 2.50 bits per heavy atom. The molecule has 0 atom stereocenters. The number of hydrogen-bond acceptors (Lipinski definition) is 3. The highest BCUT2D eigenvalue weighted by molar-refractivity contribution is 7.13. The topological polar surface area (TPSA) is 30.7 Å². The molecular weight excluding hydrogens is 170 g/mol. The predicted octanol–water partition coefficient (Wildman–Crippen LogP) is 2.11. The Kier molecular flexibility index (Phi) is 1.75. The van der Waals surface area contributed by atoms with Crippen LogP contribution < -0.4 is 0 Å². The maximum absolute atomic E-state index is 4.22. The van der Waals surface area contributed by atoms with Crippen molar-refractivity contribution in [1.29, 1.82) is 0 Å². The SMILES string of the molecule is C=Cn1ccc(-c2nccs2)n1. The first-order chi connectivity index (χ1) is 5.90. The van der Waals surface area contributed by atoms with E-state index in [0.29, 0.717) is 0 Å². The van der Waals surface area contributed by atoms with Crippen LogP contribution in [0.25, 0.3) is 16.9 Å². The van der Waals surface area contributed by atoms with E-state index < -0.39 is 0 Å². The molecule has 60 valence electrons. The van der Waals surface area contributed by atoms with Crippen LogP contribution in [0.5, 0.6) is 0 Å². The zero-order valence-electron chi connectivity index (χ0n) is 6.34. The van der Waals surface area contributed by atoms with Gasteiger partial charge in [-0.2, -0.15) is 5.10 Å². The van der Waals surface area contributed by atoms with E-state index in [0.717, 1.165) is 10.7 Å². The van der Waals surface area contributed by atoms with E-state index >= 15 is 0 Å². The molecule has 2 aromatic heterocycles. The summed E-state index contributed by atoms with van der Waals surface area (Å²) >= 11 is 1.58. The Bertz CT molecular complexity index is 375. The number of rotatable bonds is 2. The van der Waals surface area contributed by atoms with E-state index in [2.05, 4.69) is 16.7 Å². The van der Waals surface area contributed by atoms with Gasteiger partial charge in [0.05, 0.1) is 0 Å². The van der Waals surface area contributed by atoms with E-state index in [1.807, 2.05) is 17.6 Å². The molecule has 0 aliphatic carbocycles. The largest absolute Gasteiger partial charge is 0.248 e. The van der Waals surface area contributed by atoms with Gasteiger partial charge >= 0.3 is 0 Å². The van der Waals surface area contributed by atoms with Crippen LogP contribution in [-0.2, 0) is 0 Å². The van der Waals surface area contributed by atoms with Crippen molar-refractivity contribution < 1.29 is 0 Å². The number of nitrogens with zero attached hydrogens (tertiary/aromatic N) is 3. The van der Waals surface area contributed by atoms with E-state index in [9.17, 15) is 0 Å². The van der Waals surface area contributed by atoms with Crippen LogP contribution in [-0.4, -0.2) is 14.8 Å². The Morgan fingerprint density at radius 1 is 1.58 bits per heavy atom. The Hall–Kier alpha value is -1.42. The average molecular weight is 177 g/mol. The fraction of sp³-hybridized carbons (Fsp3) is 0. The summed E-state index contributed by atoms with van der Waals surface area (Å²) in [4.78, 5) is 4.14. The zero-order chi connectivity index (χ0) is 8.39. The maximum atomic E-state index is 4.22. The lowest BCUT2D eigenvalue weighted by molar-refractivity contribution is 0.940. The molecule has 0 amide bonds. The molecule has 2 heterocycles. The van der Waals surface area contributed by atoms with Gasteiger partial charge < -0.3 is 0 Å². The molecule has 0 aromatic carbocycles. The minimum absolute atomic E-state index is 0.893. The van der Waals surface area contributed by atoms with E-state index in [-0.39, 0.29) is 0 Å². The van der Waals surface area contributed by atoms with Crippen molar-refractivity contribution in [1.82, 2.24) is 14.8 Å². The molecule has 0 aliphatic rings. The number of hydrogen-bond donors (Lipinski definition) is 0. The van der Waals surface area contributed by atoms with Gasteiger partial charge in [0.1, 0.15) is 10.7 Å². The van der Waals surface area contributed by atoms with Gasteiger partial charge in [-0.1, -0.05) is 6.58 Å². The minimum Gasteiger partial charge on any atom is -0.248 e. The normalized spacial score (nSPS) is 10.0. The molecule has 0 aliphatic heterocycles. The third-order valence-corrected chi connectivity index (χ3v) is 2.24. The molecule has 0 unspecified atom stereocenters. The fourth-order valence-corrected chi connectivity index (χ4v) is 1.51. The van der Waals surface area contributed by atoms with Crippen molar-refractivity contribution >= 4 is 17.5 Å². The second-order valence-corrected chi connectivity index (χ2v) is 3.10. The monoisotopic (exact) mass is 177 g/mol. The van der Waals surface area contributed by atoms with Crippen molar-refractivity contribution in [2.24, 2.45) is 0 Å². The maximum Gasteiger partial charge on any atom is 0.143 e. The molecule has 0 N–H and O–H groups in total. The third-order valence-electron chi connectivity index (χ3n) is 1.45. The molecular formula is C8H7N3S. The summed E-state index contributed by atoms with van der Waals surface area (Å²) in [5, 5.41) is 7.09. The van der Waals surface area contributed by atoms with Gasteiger partial charge in [0.25, 0.3) is 0 Å². The zero-order valence-corrected chi connectivity index (χ0v) is 7.16. The lowest BCUT2D eigenvalue weighted by Gasteiger charge is -1.87. The molecule has 0 saturated carbocycles. The first-order valence-electron chi connectivity index (χ1n) is 3.48. The lowest BCUT2D eigenvalue weighted by Crippen LogP contribution is -1.85. The molecule has 0 saturated heterocycles. The summed E-state index contributed by atoms with van der Waals surface area (Å²) in [6, 6.07) is 1.92. The summed E-state index contributed by atoms with van der Waals surface area (Å²) in [5.74, 6) is 0. The Labute approximate surface area is 74.0 Å². The molecule has 12 heavy (non-hydrogen) atoms. The molecule has 0 fully saturated rings. The van der Waals surface area contributed by atoms with Gasteiger partial charge in [-0.05, 0) is 6.07 Å². The molecule has 0 radical (unpaired) electrons. The van der Waals surface area contributed by atoms with Crippen molar-refractivity contribution in [2.75, 3.05) is 0 Å². The third kappa shape index (κ3) is 1.16. The van der Waals surface area contributed by atoms with Gasteiger partial charge in [-0.15, -0.1) is 11.3 Å². The minimum atomic E-state index is 0.893. The van der Waals surface area contributed by atoms with Crippen LogP contribution in [0.1, 0.15) is 0 Å². The van der Waals surface area contributed by atoms with Gasteiger partial charge in [0.2, 0.25) is 0 Å². The second-order valence-electron chi connectivity index (χ2n) is 2.20. The molecule has 0 bridgehead atoms. The van der Waals surface area contributed by atoms with Crippen LogP contribution in [0.3, 0.4) is 0 Å². The van der Waals surface area contributed by atoms with Gasteiger partial charge in [-0.25, -0.2) is 9.67 Å². The van der Waals surface area contributed by atoms with Crippen LogP contribution in [0.4, 0.5) is 0 Å². The summed E-state index contributed by atoms with van der Waals surface area (Å²) in [6.45, 7) is 3.61. The molecule has 2 aromatic rings. The summed E-state index contributed by atoms with van der Waals surface area (Å²) in [7, 11) is 0. The molecule has 3 nitrogen and oxygen atoms in total. The standard InChI is InChI=1S/C8H7N3S/c1-2-11-5-3-7(10-11)8-9-4-6-12-8/h2-6H,1H2. The van der Waals surface area contributed by atoms with Crippen molar-refractivity contribution in [3.8, 4) is 10.7 Å². The summed E-state index contributed by atoms with van der Waals surface area (Å²) in [5.41, 5.74) is 0.893. The van der Waals surface area contributed by atoms with Gasteiger partial charge in [0, 0.05) is 24.0 Å². The number of aromatic nitrogens is 3. The van der Waals surface area contributed by atoms with Gasteiger partial charge in [0.15, 0.2) is 0 Å². The highest BCUT2D eigenvalue weighted by atomic mass is 32.1. The van der Waals surface area contributed by atoms with Crippen LogP contribution in [0, 0.1) is 0 Å². The highest BCUT2D eigenvalue weighted by Gasteiger charge is 2.02. The Morgan fingerprint density at radius 3 is 3.08 bits per heavy atom. The molecule has 0 spiro atoms. The Balaban J connectivity index is 2.41. The lowest BCUT2D eigenvalue weighted by atomic mass is 10.5. The van der Waals surface area contributed by atoms with Crippen LogP contribution in [0.2, 0.25) is 0 Å². The van der Waals surface area contributed by atoms with E-state index in [1.165, 1.54) is 0 Å².